The fourth-order valence-electron chi connectivity index (χ4n) is 6.04. The average Bonchev–Trinajstić information content (AvgIpc) is 3.32. The van der Waals surface area contributed by atoms with Crippen molar-refractivity contribution in [2.75, 3.05) is 19.8 Å². The van der Waals surface area contributed by atoms with Gasteiger partial charge in [0.1, 0.15) is 6.61 Å². The van der Waals surface area contributed by atoms with E-state index in [1.54, 1.807) is 0 Å². The second-order valence-corrected chi connectivity index (χ2v) is 15.9. The Morgan fingerprint density at radius 1 is 0.333 bits per heavy atom. The van der Waals surface area contributed by atoms with Gasteiger partial charge in [0.15, 0.2) is 6.10 Å². The summed E-state index contributed by atoms with van der Waals surface area (Å²) in [6, 6.07) is 0. The molecule has 0 spiro atoms. The monoisotopic (exact) mass is 905 g/mol. The molecule has 0 aromatic carbocycles. The van der Waals surface area contributed by atoms with E-state index in [1.165, 1.54) is 0 Å². The summed E-state index contributed by atoms with van der Waals surface area (Å²) >= 11 is 0. The van der Waals surface area contributed by atoms with E-state index in [0.29, 0.717) is 19.4 Å². The largest absolute Gasteiger partial charge is 0.462 e. The van der Waals surface area contributed by atoms with Gasteiger partial charge in [0.25, 0.3) is 0 Å². The average molecular weight is 905 g/mol. The molecule has 0 amide bonds. The standard InChI is InChI=1S/C61H92O5/c1-4-7-10-13-16-19-22-25-27-29-31-32-34-37-39-42-45-48-51-54-60(62)65-58-59(66-61(63)55-52-49-46-43-40-36-24-21-18-15-12-9-6-3)57-64-56-53-50-47-44-41-38-35-33-30-28-26-23-20-17-14-11-8-5-2/h7-12,16-21,25-28,31-33,35-37,39-41,44-45,48,59H,4-6,13-15,22-24,29-30,34,38,42-43,46-47,49-58H2,1-3H3/b10-7-,11-8-,12-9-,19-16-,20-17-,21-18-,27-25-,28-26-,32-31-,35-33-,39-37-,40-36-,44-41-,48-45-. The molecule has 5 nitrogen and oxygen atoms in total. The highest BCUT2D eigenvalue weighted by atomic mass is 16.6. The molecule has 0 fully saturated rings. The molecular weight excluding hydrogens is 813 g/mol. The number of hydrogen-bond acceptors (Lipinski definition) is 5. The van der Waals surface area contributed by atoms with Crippen LogP contribution in [0, 0.1) is 0 Å². The molecule has 0 heterocycles. The molecule has 0 saturated heterocycles. The first-order valence-electron chi connectivity index (χ1n) is 25.7. The van der Waals surface area contributed by atoms with Crippen molar-refractivity contribution in [1.82, 2.24) is 0 Å². The van der Waals surface area contributed by atoms with Gasteiger partial charge in [0.2, 0.25) is 0 Å². The summed E-state index contributed by atoms with van der Waals surface area (Å²) in [4.78, 5) is 25.4. The van der Waals surface area contributed by atoms with Crippen molar-refractivity contribution < 1.29 is 23.8 Å². The molecule has 0 rings (SSSR count). The van der Waals surface area contributed by atoms with Crippen molar-refractivity contribution in [3.8, 4) is 0 Å². The third kappa shape index (κ3) is 51.9. The Labute approximate surface area is 405 Å². The first-order valence-corrected chi connectivity index (χ1v) is 25.7. The molecule has 0 aromatic heterocycles. The molecule has 0 aliphatic carbocycles. The molecule has 0 N–H and O–H groups in total. The first kappa shape index (κ1) is 61.3. The predicted molar refractivity (Wildman–Crippen MR) is 287 cm³/mol. The van der Waals surface area contributed by atoms with E-state index in [9.17, 15) is 9.59 Å². The molecule has 1 atom stereocenters. The molecule has 0 aliphatic heterocycles. The summed E-state index contributed by atoms with van der Waals surface area (Å²) in [5.74, 6) is -0.571. The van der Waals surface area contributed by atoms with Crippen molar-refractivity contribution in [3.63, 3.8) is 0 Å². The quantitative estimate of drug-likeness (QED) is 0.0346. The van der Waals surface area contributed by atoms with Crippen LogP contribution in [0.5, 0.6) is 0 Å². The van der Waals surface area contributed by atoms with Gasteiger partial charge in [0.05, 0.1) is 6.61 Å². The number of esters is 2. The number of unbranched alkanes of at least 4 members (excludes halogenated alkanes) is 5. The van der Waals surface area contributed by atoms with Crippen molar-refractivity contribution >= 4 is 11.9 Å². The number of rotatable bonds is 44. The van der Waals surface area contributed by atoms with Crippen LogP contribution in [0.4, 0.5) is 0 Å². The summed E-state index contributed by atoms with van der Waals surface area (Å²) in [6.07, 6.45) is 82.4. The van der Waals surface area contributed by atoms with Gasteiger partial charge in [-0.05, 0) is 135 Å². The first-order chi connectivity index (χ1) is 32.6. The van der Waals surface area contributed by atoms with Crippen LogP contribution in [0.1, 0.15) is 175 Å². The minimum absolute atomic E-state index is 0.00247. The highest BCUT2D eigenvalue weighted by Gasteiger charge is 2.17. The van der Waals surface area contributed by atoms with Crippen LogP contribution in [0.15, 0.2) is 170 Å². The normalized spacial score (nSPS) is 13.7. The Morgan fingerprint density at radius 2 is 0.667 bits per heavy atom. The lowest BCUT2D eigenvalue weighted by atomic mass is 10.1. The maximum atomic E-state index is 12.8. The number of ether oxygens (including phenoxy) is 3. The SMILES string of the molecule is CC/C=C\C/C=C\C/C=C\C/C=C\C/C=C\C/C=C\CCC(=O)OCC(COCCCC/C=C\C/C=C\C/C=C\C/C=C\C/C=C\CC)OC(=O)CCCCC/C=C\C/C=C\C/C=C\CC. The Kier molecular flexibility index (Phi) is 50.7. The molecular formula is C61H92O5. The molecule has 0 aliphatic rings. The van der Waals surface area contributed by atoms with Crippen molar-refractivity contribution in [2.45, 2.75) is 181 Å². The fraction of sp³-hybridized carbons (Fsp3) is 0.508. The van der Waals surface area contributed by atoms with Gasteiger partial charge in [-0.1, -0.05) is 197 Å². The smallest absolute Gasteiger partial charge is 0.306 e. The van der Waals surface area contributed by atoms with Crippen LogP contribution in [0.2, 0.25) is 0 Å². The minimum Gasteiger partial charge on any atom is -0.462 e. The van der Waals surface area contributed by atoms with Crippen molar-refractivity contribution in [2.24, 2.45) is 0 Å². The Hall–Kier alpha value is -4.74. The van der Waals surface area contributed by atoms with E-state index in [1.807, 2.05) is 6.08 Å². The molecule has 0 saturated carbocycles. The lowest BCUT2D eigenvalue weighted by Gasteiger charge is -2.18. The molecule has 66 heavy (non-hydrogen) atoms. The summed E-state index contributed by atoms with van der Waals surface area (Å²) in [5.41, 5.74) is 0. The van der Waals surface area contributed by atoms with Crippen LogP contribution in [-0.2, 0) is 23.8 Å². The van der Waals surface area contributed by atoms with Crippen LogP contribution < -0.4 is 0 Å². The lowest BCUT2D eigenvalue weighted by molar-refractivity contribution is -0.162. The van der Waals surface area contributed by atoms with Gasteiger partial charge >= 0.3 is 11.9 Å². The Balaban J connectivity index is 4.54. The highest BCUT2D eigenvalue weighted by molar-refractivity contribution is 5.70. The molecule has 0 aromatic rings. The van der Waals surface area contributed by atoms with E-state index in [4.69, 9.17) is 14.2 Å². The van der Waals surface area contributed by atoms with E-state index in [0.717, 1.165) is 135 Å². The number of carbonyl (C=O) groups excluding carboxylic acids is 2. The number of hydrogen-bond donors (Lipinski definition) is 0. The second-order valence-electron chi connectivity index (χ2n) is 15.9. The molecule has 0 bridgehead atoms. The van der Waals surface area contributed by atoms with Crippen LogP contribution in [-0.4, -0.2) is 37.9 Å². The predicted octanol–water partition coefficient (Wildman–Crippen LogP) is 17.7. The maximum absolute atomic E-state index is 12.8. The van der Waals surface area contributed by atoms with Gasteiger partial charge in [0, 0.05) is 19.4 Å². The number of carbonyl (C=O) groups is 2. The summed E-state index contributed by atoms with van der Waals surface area (Å²) in [6.45, 7) is 7.23. The Bertz CT molecular complexity index is 1540. The van der Waals surface area contributed by atoms with Crippen LogP contribution >= 0.6 is 0 Å². The highest BCUT2D eigenvalue weighted by Crippen LogP contribution is 2.09. The van der Waals surface area contributed by atoms with E-state index < -0.39 is 6.10 Å². The number of allylic oxidation sites excluding steroid dienone is 28. The zero-order chi connectivity index (χ0) is 47.7. The zero-order valence-corrected chi connectivity index (χ0v) is 41.9. The third-order valence-electron chi connectivity index (χ3n) is 9.74. The fourth-order valence-corrected chi connectivity index (χ4v) is 6.04. The van der Waals surface area contributed by atoms with Gasteiger partial charge in [-0.3, -0.25) is 9.59 Å². The van der Waals surface area contributed by atoms with E-state index in [-0.39, 0.29) is 31.6 Å². The van der Waals surface area contributed by atoms with Crippen molar-refractivity contribution in [1.29, 1.82) is 0 Å². The maximum Gasteiger partial charge on any atom is 0.306 e. The van der Waals surface area contributed by atoms with Crippen LogP contribution in [0.25, 0.3) is 0 Å². The summed E-state index contributed by atoms with van der Waals surface area (Å²) in [5, 5.41) is 0. The minimum atomic E-state index is -0.619. The van der Waals surface area contributed by atoms with Gasteiger partial charge in [-0.25, -0.2) is 0 Å². The van der Waals surface area contributed by atoms with Gasteiger partial charge < -0.3 is 14.2 Å². The second kappa shape index (κ2) is 54.6. The molecule has 0 radical (unpaired) electrons. The summed E-state index contributed by atoms with van der Waals surface area (Å²) in [7, 11) is 0. The lowest BCUT2D eigenvalue weighted by Crippen LogP contribution is -2.30. The molecule has 1 unspecified atom stereocenters. The van der Waals surface area contributed by atoms with E-state index in [2.05, 4.69) is 185 Å². The zero-order valence-electron chi connectivity index (χ0n) is 41.9. The van der Waals surface area contributed by atoms with E-state index >= 15 is 0 Å². The van der Waals surface area contributed by atoms with Crippen molar-refractivity contribution in [3.05, 3.63) is 170 Å². The summed E-state index contributed by atoms with van der Waals surface area (Å²) < 4.78 is 17.2. The van der Waals surface area contributed by atoms with Crippen LogP contribution in [0.3, 0.4) is 0 Å². The third-order valence-corrected chi connectivity index (χ3v) is 9.74. The van der Waals surface area contributed by atoms with Gasteiger partial charge in [-0.2, -0.15) is 0 Å². The molecule has 366 valence electrons. The topological polar surface area (TPSA) is 61.8 Å². The van der Waals surface area contributed by atoms with Gasteiger partial charge in [-0.15, -0.1) is 0 Å². The molecule has 5 heteroatoms. The Morgan fingerprint density at radius 3 is 1.05 bits per heavy atom.